The van der Waals surface area contributed by atoms with Crippen LogP contribution < -0.4 is 5.17 Å². The summed E-state index contributed by atoms with van der Waals surface area (Å²) in [5, 5.41) is 10.3. The van der Waals surface area contributed by atoms with Crippen molar-refractivity contribution in [2.45, 2.75) is 13.1 Å². The number of imidazole rings is 1. The standard InChI is InChI=1S/C13H9ClF3N5O/c1-7-11-12(19-5-18-7)21(6-20-11)22(23)8-2-3-10(14)9(4-8)13(15,16)17/h2-6,23H,1H3. The molecule has 0 fully saturated rings. The third-order valence-electron chi connectivity index (χ3n) is 3.19. The van der Waals surface area contributed by atoms with Crippen molar-refractivity contribution in [1.29, 1.82) is 0 Å². The normalized spacial score (nSPS) is 11.9. The summed E-state index contributed by atoms with van der Waals surface area (Å²) >= 11 is 5.57. The minimum atomic E-state index is -4.64. The molecule has 23 heavy (non-hydrogen) atoms. The van der Waals surface area contributed by atoms with Gasteiger partial charge in [-0.1, -0.05) is 11.6 Å². The molecule has 0 aliphatic heterocycles. The number of fused-ring (bicyclic) bond motifs is 1. The molecule has 6 nitrogen and oxygen atoms in total. The molecule has 10 heteroatoms. The Labute approximate surface area is 132 Å². The molecule has 120 valence electrons. The van der Waals surface area contributed by atoms with E-state index in [1.54, 1.807) is 6.92 Å². The van der Waals surface area contributed by atoms with Gasteiger partial charge in [-0.2, -0.15) is 23.0 Å². The number of halogens is 4. The van der Waals surface area contributed by atoms with E-state index in [1.165, 1.54) is 18.7 Å². The SMILES string of the molecule is Cc1ncnc2c1ncn2N(O)c1ccc(Cl)c(C(F)(F)F)c1. The molecule has 0 radical (unpaired) electrons. The van der Waals surface area contributed by atoms with Crippen LogP contribution in [0.5, 0.6) is 0 Å². The monoisotopic (exact) mass is 343 g/mol. The zero-order valence-corrected chi connectivity index (χ0v) is 12.3. The van der Waals surface area contributed by atoms with E-state index in [1.807, 2.05) is 0 Å². The highest BCUT2D eigenvalue weighted by Gasteiger charge is 2.34. The first-order valence-corrected chi connectivity index (χ1v) is 6.67. The first kappa shape index (κ1) is 15.5. The molecule has 1 N–H and O–H groups in total. The van der Waals surface area contributed by atoms with Crippen LogP contribution in [0.15, 0.2) is 30.9 Å². The molecule has 0 aliphatic carbocycles. The van der Waals surface area contributed by atoms with E-state index in [9.17, 15) is 18.4 Å². The molecule has 2 heterocycles. The van der Waals surface area contributed by atoms with Gasteiger partial charge in [0.05, 0.1) is 22.0 Å². The van der Waals surface area contributed by atoms with Gasteiger partial charge in [0.2, 0.25) is 0 Å². The van der Waals surface area contributed by atoms with Gasteiger partial charge in [-0.05, 0) is 25.1 Å². The van der Waals surface area contributed by atoms with E-state index in [0.29, 0.717) is 16.4 Å². The van der Waals surface area contributed by atoms with Crippen molar-refractivity contribution in [2.24, 2.45) is 0 Å². The maximum atomic E-state index is 12.9. The summed E-state index contributed by atoms with van der Waals surface area (Å²) in [4.78, 5) is 12.0. The Hall–Kier alpha value is -2.39. The lowest BCUT2D eigenvalue weighted by molar-refractivity contribution is -0.137. The number of alkyl halides is 3. The van der Waals surface area contributed by atoms with E-state index in [-0.39, 0.29) is 11.3 Å². The Balaban J connectivity index is 2.09. The largest absolute Gasteiger partial charge is 0.417 e. The Morgan fingerprint density at radius 1 is 1.22 bits per heavy atom. The average Bonchev–Trinajstić information content (AvgIpc) is 2.91. The van der Waals surface area contributed by atoms with E-state index in [4.69, 9.17) is 11.6 Å². The number of aryl methyl sites for hydroxylation is 1. The molecule has 0 atom stereocenters. The molecule has 0 unspecified atom stereocenters. The van der Waals surface area contributed by atoms with Crippen molar-refractivity contribution in [3.8, 4) is 0 Å². The third-order valence-corrected chi connectivity index (χ3v) is 3.52. The van der Waals surface area contributed by atoms with Crippen LogP contribution in [0, 0.1) is 6.92 Å². The summed E-state index contributed by atoms with van der Waals surface area (Å²) in [5.41, 5.74) is 0.0672. The maximum Gasteiger partial charge on any atom is 0.417 e. The van der Waals surface area contributed by atoms with Crippen LogP contribution in [0.3, 0.4) is 0 Å². The second-order valence-corrected chi connectivity index (χ2v) is 5.08. The van der Waals surface area contributed by atoms with Crippen LogP contribution >= 0.6 is 11.6 Å². The highest BCUT2D eigenvalue weighted by molar-refractivity contribution is 6.31. The zero-order chi connectivity index (χ0) is 16.8. The molecule has 3 rings (SSSR count). The van der Waals surface area contributed by atoms with Crippen molar-refractivity contribution < 1.29 is 18.4 Å². The lowest BCUT2D eigenvalue weighted by Gasteiger charge is -2.19. The third kappa shape index (κ3) is 2.68. The topological polar surface area (TPSA) is 67.1 Å². The number of aromatic nitrogens is 4. The molecule has 0 aliphatic rings. The van der Waals surface area contributed by atoms with Crippen molar-refractivity contribution in [2.75, 3.05) is 5.17 Å². The Morgan fingerprint density at radius 2 is 1.96 bits per heavy atom. The van der Waals surface area contributed by atoms with Crippen LogP contribution in [0.4, 0.5) is 18.9 Å². The van der Waals surface area contributed by atoms with Gasteiger partial charge in [0.25, 0.3) is 0 Å². The molecular formula is C13H9ClF3N5O. The van der Waals surface area contributed by atoms with Crippen LogP contribution in [0.1, 0.15) is 11.3 Å². The summed E-state index contributed by atoms with van der Waals surface area (Å²) < 4.78 is 39.9. The fourth-order valence-corrected chi connectivity index (χ4v) is 2.28. The average molecular weight is 344 g/mol. The summed E-state index contributed by atoms with van der Waals surface area (Å²) in [6, 6.07) is 3.04. The highest BCUT2D eigenvalue weighted by atomic mass is 35.5. The van der Waals surface area contributed by atoms with Gasteiger partial charge >= 0.3 is 6.18 Å². The molecule has 0 spiro atoms. The van der Waals surface area contributed by atoms with E-state index < -0.39 is 16.8 Å². The first-order chi connectivity index (χ1) is 10.8. The molecule has 0 saturated heterocycles. The predicted molar refractivity (Wildman–Crippen MR) is 76.2 cm³/mol. The van der Waals surface area contributed by atoms with Gasteiger partial charge in [-0.15, -0.1) is 0 Å². The van der Waals surface area contributed by atoms with Crippen molar-refractivity contribution >= 4 is 28.5 Å². The minimum Gasteiger partial charge on any atom is -0.268 e. The van der Waals surface area contributed by atoms with Gasteiger partial charge in [0.15, 0.2) is 5.65 Å². The molecule has 2 aromatic heterocycles. The predicted octanol–water partition coefficient (Wildman–Crippen LogP) is 3.47. The van der Waals surface area contributed by atoms with Crippen LogP contribution in [-0.4, -0.2) is 24.8 Å². The number of rotatable bonds is 2. The summed E-state index contributed by atoms with van der Waals surface area (Å²) in [6.07, 6.45) is -2.13. The molecule has 0 amide bonds. The summed E-state index contributed by atoms with van der Waals surface area (Å²) in [6.45, 7) is 1.70. The fourth-order valence-electron chi connectivity index (χ4n) is 2.06. The molecule has 1 aromatic carbocycles. The van der Waals surface area contributed by atoms with Gasteiger partial charge < -0.3 is 0 Å². The molecule has 3 aromatic rings. The molecule has 0 bridgehead atoms. The summed E-state index contributed by atoms with van der Waals surface area (Å²) in [7, 11) is 0. The van der Waals surface area contributed by atoms with Crippen LogP contribution in [0.2, 0.25) is 5.02 Å². The molecule has 0 saturated carbocycles. The van der Waals surface area contributed by atoms with E-state index in [2.05, 4.69) is 15.0 Å². The second kappa shape index (κ2) is 5.36. The smallest absolute Gasteiger partial charge is 0.268 e. The van der Waals surface area contributed by atoms with Gasteiger partial charge in [-0.25, -0.2) is 15.0 Å². The van der Waals surface area contributed by atoms with Crippen molar-refractivity contribution in [3.63, 3.8) is 0 Å². The van der Waals surface area contributed by atoms with Crippen molar-refractivity contribution in [1.82, 2.24) is 19.6 Å². The number of hydrogen-bond donors (Lipinski definition) is 1. The quantitative estimate of drug-likeness (QED) is 0.722. The van der Waals surface area contributed by atoms with Gasteiger partial charge in [0.1, 0.15) is 18.2 Å². The maximum absolute atomic E-state index is 12.9. The van der Waals surface area contributed by atoms with Crippen LogP contribution in [-0.2, 0) is 6.18 Å². The fraction of sp³-hybridized carbons (Fsp3) is 0.154. The summed E-state index contributed by atoms with van der Waals surface area (Å²) in [5.74, 6) is 0. The number of nitrogens with zero attached hydrogens (tertiary/aromatic N) is 5. The first-order valence-electron chi connectivity index (χ1n) is 6.29. The lowest BCUT2D eigenvalue weighted by Crippen LogP contribution is -2.25. The Morgan fingerprint density at radius 3 is 2.65 bits per heavy atom. The van der Waals surface area contributed by atoms with Crippen molar-refractivity contribution in [3.05, 3.63) is 47.1 Å². The zero-order valence-electron chi connectivity index (χ0n) is 11.6. The van der Waals surface area contributed by atoms with Gasteiger partial charge in [0, 0.05) is 0 Å². The Bertz CT molecular complexity index is 880. The second-order valence-electron chi connectivity index (χ2n) is 4.67. The van der Waals surface area contributed by atoms with Crippen LogP contribution in [0.25, 0.3) is 11.2 Å². The van der Waals surface area contributed by atoms with E-state index in [0.717, 1.165) is 16.8 Å². The number of hydrogen-bond acceptors (Lipinski definition) is 5. The number of anilines is 1. The number of benzene rings is 1. The Kier molecular flexibility index (Phi) is 3.61. The van der Waals surface area contributed by atoms with E-state index >= 15 is 0 Å². The molecular weight excluding hydrogens is 335 g/mol. The highest BCUT2D eigenvalue weighted by Crippen LogP contribution is 2.37. The van der Waals surface area contributed by atoms with Gasteiger partial charge in [-0.3, -0.25) is 5.21 Å². The lowest BCUT2D eigenvalue weighted by atomic mass is 10.2. The minimum absolute atomic E-state index is 0.141.